The number of unbranched alkanes of at least 4 members (excludes halogenated alkanes) is 2. The summed E-state index contributed by atoms with van der Waals surface area (Å²) in [6, 6.07) is 18.0. The highest BCUT2D eigenvalue weighted by atomic mass is 16.5. The Morgan fingerprint density at radius 3 is 2.69 bits per heavy atom. The number of carboxylic acids is 1. The van der Waals surface area contributed by atoms with E-state index in [1.165, 1.54) is 0 Å². The fraction of sp³-hybridized carbons (Fsp3) is 0.308. The van der Waals surface area contributed by atoms with Crippen LogP contribution in [0.1, 0.15) is 43.1 Å². The summed E-state index contributed by atoms with van der Waals surface area (Å²) >= 11 is 0. The molecule has 6 nitrogen and oxygen atoms in total. The van der Waals surface area contributed by atoms with E-state index < -0.39 is 5.97 Å². The minimum Gasteiger partial charge on any atom is -0.487 e. The van der Waals surface area contributed by atoms with Gasteiger partial charge in [-0.15, -0.1) is 0 Å². The number of hydrogen-bond donors (Lipinski definition) is 1. The first kappa shape index (κ1) is 23.3. The van der Waals surface area contributed by atoms with Gasteiger partial charge in [-0.3, -0.25) is 4.79 Å². The van der Waals surface area contributed by atoms with Crippen LogP contribution in [0.15, 0.2) is 54.6 Å². The fourth-order valence-electron chi connectivity index (χ4n) is 4.15. The van der Waals surface area contributed by atoms with E-state index in [1.807, 2.05) is 55.5 Å². The van der Waals surface area contributed by atoms with E-state index in [0.717, 1.165) is 70.3 Å². The predicted octanol–water partition coefficient (Wildman–Crippen LogP) is 5.07. The Morgan fingerprint density at radius 1 is 1.09 bits per heavy atom. The van der Waals surface area contributed by atoms with E-state index in [9.17, 15) is 9.90 Å². The molecule has 0 saturated heterocycles. The van der Waals surface area contributed by atoms with Gasteiger partial charge in [-0.05, 0) is 49.2 Å². The van der Waals surface area contributed by atoms with Gasteiger partial charge < -0.3 is 19.9 Å². The van der Waals surface area contributed by atoms with Crippen molar-refractivity contribution in [2.24, 2.45) is 0 Å². The number of carbonyl (C=O) groups is 1. The Hall–Kier alpha value is -3.38. The lowest BCUT2D eigenvalue weighted by Crippen LogP contribution is -2.04. The van der Waals surface area contributed by atoms with Crippen LogP contribution in [0.25, 0.3) is 21.8 Å². The quantitative estimate of drug-likeness (QED) is 0.372. The Morgan fingerprint density at radius 2 is 1.91 bits per heavy atom. The number of aromatic nitrogens is 2. The number of aliphatic carboxylic acids is 1. The van der Waals surface area contributed by atoms with Gasteiger partial charge in [0, 0.05) is 28.5 Å². The standard InChI is InChI=1S/C26H28N2O3.H2O/c1-3-4-7-14-28-18(2)22(16-26(29)30)23-15-21(12-13-25(23)28)31-17-20-11-10-19-8-5-6-9-24(19)27-20;/h5-6,8-13,15H,3-4,7,14,16-17H2,1-2H3,(H,29,30);1H2. The molecule has 0 radical (unpaired) electrons. The topological polar surface area (TPSA) is 95.9 Å². The van der Waals surface area contributed by atoms with Crippen molar-refractivity contribution in [1.82, 2.24) is 9.55 Å². The van der Waals surface area contributed by atoms with Gasteiger partial charge in [-0.2, -0.15) is 0 Å². The minimum atomic E-state index is -0.817. The van der Waals surface area contributed by atoms with Gasteiger partial charge in [-0.25, -0.2) is 4.98 Å². The number of benzene rings is 2. The highest BCUT2D eigenvalue weighted by Gasteiger charge is 2.17. The number of aryl methyl sites for hydroxylation is 1. The average molecular weight is 435 g/mol. The summed E-state index contributed by atoms with van der Waals surface area (Å²) in [5.74, 6) is -0.0952. The number of ether oxygens (including phenoxy) is 1. The Balaban J connectivity index is 0.00000289. The lowest BCUT2D eigenvalue weighted by Gasteiger charge is -2.09. The van der Waals surface area contributed by atoms with Crippen molar-refractivity contribution in [2.45, 2.75) is 52.7 Å². The van der Waals surface area contributed by atoms with Crippen molar-refractivity contribution < 1.29 is 20.1 Å². The molecule has 32 heavy (non-hydrogen) atoms. The molecule has 0 amide bonds. The molecule has 0 saturated carbocycles. The van der Waals surface area contributed by atoms with Gasteiger partial charge in [0.15, 0.2) is 0 Å². The molecule has 3 N–H and O–H groups in total. The maximum absolute atomic E-state index is 11.5. The highest BCUT2D eigenvalue weighted by Crippen LogP contribution is 2.31. The maximum Gasteiger partial charge on any atom is 0.307 e. The first-order chi connectivity index (χ1) is 15.1. The van der Waals surface area contributed by atoms with Gasteiger partial charge in [0.05, 0.1) is 17.6 Å². The van der Waals surface area contributed by atoms with Gasteiger partial charge >= 0.3 is 5.97 Å². The Labute approximate surface area is 187 Å². The third-order valence-corrected chi connectivity index (χ3v) is 5.78. The van der Waals surface area contributed by atoms with Crippen molar-refractivity contribution in [3.8, 4) is 5.75 Å². The molecule has 0 unspecified atom stereocenters. The number of hydrogen-bond acceptors (Lipinski definition) is 3. The van der Waals surface area contributed by atoms with Crippen LogP contribution >= 0.6 is 0 Å². The number of fused-ring (bicyclic) bond motifs is 2. The van der Waals surface area contributed by atoms with Gasteiger partial charge in [0.25, 0.3) is 0 Å². The molecule has 168 valence electrons. The monoisotopic (exact) mass is 434 g/mol. The molecule has 0 aliphatic carbocycles. The highest BCUT2D eigenvalue weighted by molar-refractivity contribution is 5.90. The third-order valence-electron chi connectivity index (χ3n) is 5.78. The minimum absolute atomic E-state index is 0. The summed E-state index contributed by atoms with van der Waals surface area (Å²) in [7, 11) is 0. The van der Waals surface area contributed by atoms with E-state index in [2.05, 4.69) is 22.5 Å². The molecule has 2 aromatic carbocycles. The third kappa shape index (κ3) is 4.92. The maximum atomic E-state index is 11.5. The first-order valence-electron chi connectivity index (χ1n) is 10.9. The van der Waals surface area contributed by atoms with Crippen molar-refractivity contribution in [1.29, 1.82) is 0 Å². The lowest BCUT2D eigenvalue weighted by molar-refractivity contribution is -0.136. The van der Waals surface area contributed by atoms with Crippen molar-refractivity contribution >= 4 is 27.8 Å². The molecule has 6 heteroatoms. The van der Waals surface area contributed by atoms with E-state index in [-0.39, 0.29) is 11.9 Å². The Kier molecular flexibility index (Phi) is 7.49. The van der Waals surface area contributed by atoms with Crippen LogP contribution in [0.4, 0.5) is 0 Å². The summed E-state index contributed by atoms with van der Waals surface area (Å²) in [6.45, 7) is 5.46. The number of rotatable bonds is 9. The zero-order valence-electron chi connectivity index (χ0n) is 18.6. The van der Waals surface area contributed by atoms with Gasteiger partial charge in [-0.1, -0.05) is 44.0 Å². The Bertz CT molecular complexity index is 1230. The van der Waals surface area contributed by atoms with Crippen LogP contribution in [-0.4, -0.2) is 26.1 Å². The van der Waals surface area contributed by atoms with E-state index in [4.69, 9.17) is 4.74 Å². The smallest absolute Gasteiger partial charge is 0.307 e. The van der Waals surface area contributed by atoms with Crippen molar-refractivity contribution in [3.05, 3.63) is 71.5 Å². The number of para-hydroxylation sites is 1. The van der Waals surface area contributed by atoms with Crippen LogP contribution in [0.2, 0.25) is 0 Å². The summed E-state index contributed by atoms with van der Waals surface area (Å²) in [5, 5.41) is 11.5. The molecule has 4 aromatic rings. The lowest BCUT2D eigenvalue weighted by atomic mass is 10.1. The summed E-state index contributed by atoms with van der Waals surface area (Å²) in [4.78, 5) is 16.2. The van der Waals surface area contributed by atoms with Crippen LogP contribution in [0.3, 0.4) is 0 Å². The largest absolute Gasteiger partial charge is 0.487 e. The molecule has 0 spiro atoms. The number of nitrogens with zero attached hydrogens (tertiary/aromatic N) is 2. The van der Waals surface area contributed by atoms with E-state index >= 15 is 0 Å². The van der Waals surface area contributed by atoms with Gasteiger partial charge in [0.1, 0.15) is 12.4 Å². The molecular formula is C26H30N2O4. The van der Waals surface area contributed by atoms with Crippen LogP contribution < -0.4 is 4.74 Å². The van der Waals surface area contributed by atoms with Crippen molar-refractivity contribution in [3.63, 3.8) is 0 Å². The molecular weight excluding hydrogens is 404 g/mol. The second-order valence-electron chi connectivity index (χ2n) is 7.96. The summed E-state index contributed by atoms with van der Waals surface area (Å²) in [5.41, 5.74) is 4.77. The molecule has 2 aromatic heterocycles. The fourth-order valence-corrected chi connectivity index (χ4v) is 4.15. The molecule has 0 atom stereocenters. The normalized spacial score (nSPS) is 10.9. The van der Waals surface area contributed by atoms with Crippen LogP contribution in [-0.2, 0) is 24.4 Å². The molecule has 0 aliphatic rings. The van der Waals surface area contributed by atoms with Crippen molar-refractivity contribution in [2.75, 3.05) is 0 Å². The second-order valence-corrected chi connectivity index (χ2v) is 7.96. The first-order valence-corrected chi connectivity index (χ1v) is 10.9. The second kappa shape index (κ2) is 10.3. The molecule has 4 rings (SSSR count). The summed E-state index contributed by atoms with van der Waals surface area (Å²) < 4.78 is 8.29. The molecule has 0 bridgehead atoms. The molecule has 0 aliphatic heterocycles. The van der Waals surface area contributed by atoms with E-state index in [0.29, 0.717) is 6.61 Å². The van der Waals surface area contributed by atoms with Gasteiger partial charge in [0.2, 0.25) is 0 Å². The predicted molar refractivity (Wildman–Crippen MR) is 127 cm³/mol. The van der Waals surface area contributed by atoms with Crippen LogP contribution in [0, 0.1) is 6.92 Å². The molecule has 0 fully saturated rings. The zero-order valence-corrected chi connectivity index (χ0v) is 18.6. The molecule has 2 heterocycles. The van der Waals surface area contributed by atoms with E-state index in [1.54, 1.807) is 0 Å². The van der Waals surface area contributed by atoms with Crippen LogP contribution in [0.5, 0.6) is 5.75 Å². The summed E-state index contributed by atoms with van der Waals surface area (Å²) in [6.07, 6.45) is 3.41. The SMILES string of the molecule is CCCCCn1c(C)c(CC(=O)O)c2cc(OCc3ccc4ccccc4n3)ccc21.O. The number of carboxylic acid groups (broad SMARTS) is 1. The zero-order chi connectivity index (χ0) is 21.8. The average Bonchev–Trinajstić information content (AvgIpc) is 3.02. The number of pyridine rings is 1.